The number of nitrogens with zero attached hydrogens (tertiary/aromatic N) is 4. The highest BCUT2D eigenvalue weighted by atomic mass is 16.5. The van der Waals surface area contributed by atoms with E-state index < -0.39 is 11.9 Å². The summed E-state index contributed by atoms with van der Waals surface area (Å²) in [5.41, 5.74) is 3.60. The van der Waals surface area contributed by atoms with Crippen molar-refractivity contribution in [1.29, 1.82) is 0 Å². The summed E-state index contributed by atoms with van der Waals surface area (Å²) >= 11 is 0. The van der Waals surface area contributed by atoms with Gasteiger partial charge in [0.1, 0.15) is 18.5 Å². The molecule has 3 heterocycles. The highest BCUT2D eigenvalue weighted by Gasteiger charge is 2.26. The number of imidazole rings is 1. The fourth-order valence-electron chi connectivity index (χ4n) is 4.74. The molecule has 0 unspecified atom stereocenters. The average molecular weight is 566 g/mol. The van der Waals surface area contributed by atoms with E-state index in [-0.39, 0.29) is 43.8 Å². The Kier molecular flexibility index (Phi) is 9.64. The number of ether oxygens (including phenoxy) is 2. The van der Waals surface area contributed by atoms with E-state index in [4.69, 9.17) is 9.47 Å². The summed E-state index contributed by atoms with van der Waals surface area (Å²) in [5.74, 6) is 0.683. The summed E-state index contributed by atoms with van der Waals surface area (Å²) in [6.07, 6.45) is 4.16. The maximum atomic E-state index is 13.3. The molecule has 1 aliphatic heterocycles. The first kappa shape index (κ1) is 29.6. The lowest BCUT2D eigenvalue weighted by molar-refractivity contribution is -0.137. The number of carbonyl (C=O) groups excluding carboxylic acids is 3. The molecule has 2 bridgehead atoms. The molecule has 3 aromatic rings. The Labute approximate surface area is 239 Å². The van der Waals surface area contributed by atoms with E-state index in [1.807, 2.05) is 50.6 Å². The number of amides is 3. The largest absolute Gasteiger partial charge is 0.493 e. The van der Waals surface area contributed by atoms with E-state index in [2.05, 4.69) is 25.8 Å². The van der Waals surface area contributed by atoms with Gasteiger partial charge in [-0.25, -0.2) is 4.98 Å². The van der Waals surface area contributed by atoms with Gasteiger partial charge in [0.05, 0.1) is 25.9 Å². The van der Waals surface area contributed by atoms with Gasteiger partial charge in [0.25, 0.3) is 0 Å². The van der Waals surface area contributed by atoms with Crippen molar-refractivity contribution >= 4 is 17.7 Å². The number of carbonyl (C=O) groups is 3. The molecule has 4 rings (SSSR count). The average Bonchev–Trinajstić information content (AvgIpc) is 3.55. The molecule has 0 radical (unpaired) electrons. The summed E-state index contributed by atoms with van der Waals surface area (Å²) < 4.78 is 13.5. The molecule has 0 fully saturated rings. The Balaban J connectivity index is 1.59. The number of aromatic nitrogens is 4. The number of rotatable bonds is 5. The SMILES string of the molecule is COc1ccc2cc1OCCN(C(=O)CCc1n[nH]c(C)c1C)CC(=O)N[C@H](C(C)C)C(=O)NCCn1ccnc1-2. The van der Waals surface area contributed by atoms with Crippen LogP contribution in [0.1, 0.15) is 37.2 Å². The number of nitrogens with one attached hydrogen (secondary N) is 3. The van der Waals surface area contributed by atoms with Crippen LogP contribution in [0.15, 0.2) is 30.6 Å². The molecule has 0 saturated carbocycles. The first-order chi connectivity index (χ1) is 19.7. The van der Waals surface area contributed by atoms with E-state index >= 15 is 0 Å². The van der Waals surface area contributed by atoms with Crippen molar-refractivity contribution in [1.82, 2.24) is 35.3 Å². The van der Waals surface area contributed by atoms with E-state index in [0.29, 0.717) is 36.8 Å². The van der Waals surface area contributed by atoms with Crippen LogP contribution in [-0.4, -0.2) is 81.8 Å². The van der Waals surface area contributed by atoms with Gasteiger partial charge in [-0.15, -0.1) is 0 Å². The summed E-state index contributed by atoms with van der Waals surface area (Å²) in [7, 11) is 1.56. The molecule has 0 saturated heterocycles. The maximum Gasteiger partial charge on any atom is 0.242 e. The number of fused-ring (bicyclic) bond motifs is 4. The van der Waals surface area contributed by atoms with Crippen LogP contribution in [0.4, 0.5) is 0 Å². The van der Waals surface area contributed by atoms with Crippen LogP contribution >= 0.6 is 0 Å². The molecule has 0 spiro atoms. The first-order valence-electron chi connectivity index (χ1n) is 13.9. The predicted octanol–water partition coefficient (Wildman–Crippen LogP) is 2.01. The van der Waals surface area contributed by atoms with E-state index in [9.17, 15) is 14.4 Å². The molecule has 12 nitrogen and oxygen atoms in total. The molecule has 41 heavy (non-hydrogen) atoms. The molecular weight excluding hydrogens is 526 g/mol. The smallest absolute Gasteiger partial charge is 0.242 e. The topological polar surface area (TPSA) is 143 Å². The van der Waals surface area contributed by atoms with E-state index in [1.54, 1.807) is 19.4 Å². The van der Waals surface area contributed by atoms with Crippen LogP contribution in [0.25, 0.3) is 11.4 Å². The van der Waals surface area contributed by atoms with Crippen molar-refractivity contribution in [3.63, 3.8) is 0 Å². The molecule has 12 heteroatoms. The third kappa shape index (κ3) is 7.24. The number of hydrogen-bond acceptors (Lipinski definition) is 7. The maximum absolute atomic E-state index is 13.3. The van der Waals surface area contributed by atoms with Gasteiger partial charge in [-0.3, -0.25) is 19.5 Å². The standard InChI is InChI=1S/C29H39N7O5/c1-18(2)27-29(39)31-11-13-35-12-10-30-28(35)21-6-8-23(40-5)24(16-21)41-15-14-36(17-25(37)32-27)26(38)9-7-22-19(3)20(4)33-34-22/h6,8,10,12,16,18,27H,7,9,11,13-15,17H2,1-5H3,(H,31,39)(H,32,37)(H,33,34)/t27-/m1/s1. The van der Waals surface area contributed by atoms with Gasteiger partial charge in [-0.05, 0) is 43.5 Å². The lowest BCUT2D eigenvalue weighted by atomic mass is 10.0. The van der Waals surface area contributed by atoms with Gasteiger partial charge in [0.2, 0.25) is 17.7 Å². The van der Waals surface area contributed by atoms with Gasteiger partial charge in [-0.2, -0.15) is 5.10 Å². The predicted molar refractivity (Wildman–Crippen MR) is 152 cm³/mol. The zero-order chi connectivity index (χ0) is 29.5. The number of H-pyrrole nitrogens is 1. The summed E-state index contributed by atoms with van der Waals surface area (Å²) in [4.78, 5) is 45.5. The minimum absolute atomic E-state index is 0.127. The van der Waals surface area contributed by atoms with Gasteiger partial charge in [0, 0.05) is 49.6 Å². The Bertz CT molecular complexity index is 1380. The summed E-state index contributed by atoms with van der Waals surface area (Å²) in [5, 5.41) is 13.0. The molecule has 1 atom stereocenters. The highest BCUT2D eigenvalue weighted by molar-refractivity contribution is 5.90. The Morgan fingerprint density at radius 2 is 2.02 bits per heavy atom. The third-order valence-electron chi connectivity index (χ3n) is 7.29. The Morgan fingerprint density at radius 3 is 2.73 bits per heavy atom. The fourth-order valence-corrected chi connectivity index (χ4v) is 4.74. The van der Waals surface area contributed by atoms with Crippen molar-refractivity contribution in [2.24, 2.45) is 5.92 Å². The third-order valence-corrected chi connectivity index (χ3v) is 7.29. The quantitative estimate of drug-likeness (QED) is 0.429. The lowest BCUT2D eigenvalue weighted by Crippen LogP contribution is -2.53. The Morgan fingerprint density at radius 1 is 1.22 bits per heavy atom. The van der Waals surface area contributed by atoms with Crippen molar-refractivity contribution in [3.8, 4) is 22.9 Å². The number of aromatic amines is 1. The van der Waals surface area contributed by atoms with Crippen LogP contribution in [0.5, 0.6) is 11.5 Å². The molecule has 220 valence electrons. The van der Waals surface area contributed by atoms with Gasteiger partial charge in [-0.1, -0.05) is 13.8 Å². The first-order valence-corrected chi connectivity index (χ1v) is 13.9. The van der Waals surface area contributed by atoms with E-state index in [1.165, 1.54) is 4.90 Å². The van der Waals surface area contributed by atoms with E-state index in [0.717, 1.165) is 22.5 Å². The molecule has 3 N–H and O–H groups in total. The normalized spacial score (nSPS) is 16.8. The minimum atomic E-state index is -0.748. The van der Waals surface area contributed by atoms with Crippen LogP contribution in [0, 0.1) is 19.8 Å². The number of benzene rings is 1. The molecular formula is C29H39N7O5. The second-order valence-electron chi connectivity index (χ2n) is 10.5. The van der Waals surface area contributed by atoms with Crippen LogP contribution in [0.3, 0.4) is 0 Å². The van der Waals surface area contributed by atoms with Gasteiger partial charge < -0.3 is 29.6 Å². The number of aryl methyl sites for hydroxylation is 2. The number of hydrogen-bond donors (Lipinski definition) is 3. The lowest BCUT2D eigenvalue weighted by Gasteiger charge is -2.26. The van der Waals surface area contributed by atoms with Crippen molar-refractivity contribution in [2.45, 2.75) is 53.1 Å². The van der Waals surface area contributed by atoms with Crippen LogP contribution < -0.4 is 20.1 Å². The molecule has 3 amide bonds. The van der Waals surface area contributed by atoms with Crippen molar-refractivity contribution in [3.05, 3.63) is 47.5 Å². The van der Waals surface area contributed by atoms with Crippen molar-refractivity contribution < 1.29 is 23.9 Å². The summed E-state index contributed by atoms with van der Waals surface area (Å²) in [6.45, 7) is 8.53. The van der Waals surface area contributed by atoms with Crippen LogP contribution in [-0.2, 0) is 27.3 Å². The molecule has 2 aromatic heterocycles. The molecule has 1 aliphatic rings. The van der Waals surface area contributed by atoms with Gasteiger partial charge >= 0.3 is 0 Å². The van der Waals surface area contributed by atoms with Crippen molar-refractivity contribution in [2.75, 3.05) is 33.4 Å². The second-order valence-corrected chi connectivity index (χ2v) is 10.5. The second kappa shape index (κ2) is 13.3. The monoisotopic (exact) mass is 565 g/mol. The highest BCUT2D eigenvalue weighted by Crippen LogP contribution is 2.32. The zero-order valence-electron chi connectivity index (χ0n) is 24.3. The van der Waals surface area contributed by atoms with Crippen LogP contribution in [0.2, 0.25) is 0 Å². The minimum Gasteiger partial charge on any atom is -0.493 e. The molecule has 1 aromatic carbocycles. The zero-order valence-corrected chi connectivity index (χ0v) is 24.3. The van der Waals surface area contributed by atoms with Gasteiger partial charge in [0.15, 0.2) is 11.5 Å². The summed E-state index contributed by atoms with van der Waals surface area (Å²) in [6, 6.07) is 4.79. The fraction of sp³-hybridized carbons (Fsp3) is 0.483. The Hall–Kier alpha value is -4.35. The molecule has 0 aliphatic carbocycles. The number of methoxy groups -OCH3 is 1.